The van der Waals surface area contributed by atoms with Gasteiger partial charge in [-0.15, -0.1) is 5.10 Å². The van der Waals surface area contributed by atoms with Crippen LogP contribution in [0, 0.1) is 0 Å². The van der Waals surface area contributed by atoms with Crippen molar-refractivity contribution in [3.05, 3.63) is 35.7 Å². The van der Waals surface area contributed by atoms with Gasteiger partial charge in [-0.2, -0.15) is 0 Å². The van der Waals surface area contributed by atoms with Gasteiger partial charge in [0.25, 0.3) is 0 Å². The monoisotopic (exact) mass is 273 g/mol. The van der Waals surface area contributed by atoms with Gasteiger partial charge in [-0.1, -0.05) is 12.1 Å². The Balaban J connectivity index is 2.32. The summed E-state index contributed by atoms with van der Waals surface area (Å²) < 4.78 is 1.88. The summed E-state index contributed by atoms with van der Waals surface area (Å²) in [6, 6.07) is 8.43. The van der Waals surface area contributed by atoms with Crippen molar-refractivity contribution < 1.29 is 0 Å². The van der Waals surface area contributed by atoms with Gasteiger partial charge in [-0.25, -0.2) is 4.68 Å². The fourth-order valence-corrected chi connectivity index (χ4v) is 2.45. The van der Waals surface area contributed by atoms with Gasteiger partial charge in [0.15, 0.2) is 0 Å². The van der Waals surface area contributed by atoms with Crippen LogP contribution in [-0.2, 0) is 13.0 Å². The smallest absolute Gasteiger partial charge is 0.0999 e. The van der Waals surface area contributed by atoms with Crippen LogP contribution in [0.25, 0.3) is 5.69 Å². The lowest BCUT2D eigenvalue weighted by Gasteiger charge is -2.21. The van der Waals surface area contributed by atoms with Crippen LogP contribution in [0.2, 0.25) is 0 Å². The zero-order chi connectivity index (χ0) is 14.5. The van der Waals surface area contributed by atoms with Crippen LogP contribution in [0.4, 0.5) is 5.69 Å². The number of nitrogens with zero attached hydrogens (tertiary/aromatic N) is 4. The van der Waals surface area contributed by atoms with Gasteiger partial charge >= 0.3 is 0 Å². The second-order valence-corrected chi connectivity index (χ2v) is 4.64. The quantitative estimate of drug-likeness (QED) is 0.876. The highest BCUT2D eigenvalue weighted by Gasteiger charge is 2.11. The number of anilines is 1. The molecule has 0 saturated heterocycles. The molecule has 0 atom stereocenters. The third kappa shape index (κ3) is 2.67. The van der Waals surface area contributed by atoms with E-state index in [1.54, 1.807) is 0 Å². The van der Waals surface area contributed by atoms with Crippen molar-refractivity contribution in [2.24, 2.45) is 5.73 Å². The standard InChI is InChI=1S/C15H23N5/c1-4-15-14(11-16)17-18-20(15)13-9-7-12(8-10-13)19(5-2)6-3/h7-10H,4-6,11,16H2,1-3H3. The normalized spacial score (nSPS) is 10.8. The van der Waals surface area contributed by atoms with Crippen molar-refractivity contribution in [3.8, 4) is 5.69 Å². The first-order chi connectivity index (χ1) is 9.74. The van der Waals surface area contributed by atoms with Crippen LogP contribution in [0.3, 0.4) is 0 Å². The van der Waals surface area contributed by atoms with E-state index in [4.69, 9.17) is 5.73 Å². The maximum absolute atomic E-state index is 5.70. The summed E-state index contributed by atoms with van der Waals surface area (Å²) in [5, 5.41) is 8.37. The summed E-state index contributed by atoms with van der Waals surface area (Å²) in [6.45, 7) is 8.88. The molecular weight excluding hydrogens is 250 g/mol. The Morgan fingerprint density at radius 1 is 1.10 bits per heavy atom. The Morgan fingerprint density at radius 2 is 1.75 bits per heavy atom. The van der Waals surface area contributed by atoms with E-state index in [-0.39, 0.29) is 0 Å². The molecule has 5 heteroatoms. The molecule has 0 bridgehead atoms. The minimum Gasteiger partial charge on any atom is -0.372 e. The molecule has 1 aromatic carbocycles. The minimum absolute atomic E-state index is 0.431. The topological polar surface area (TPSA) is 60.0 Å². The Hall–Kier alpha value is -1.88. The Bertz CT molecular complexity index is 540. The summed E-state index contributed by atoms with van der Waals surface area (Å²) in [4.78, 5) is 2.32. The second-order valence-electron chi connectivity index (χ2n) is 4.64. The predicted molar refractivity (Wildman–Crippen MR) is 82.2 cm³/mol. The first-order valence-corrected chi connectivity index (χ1v) is 7.23. The number of rotatable bonds is 6. The lowest BCUT2D eigenvalue weighted by molar-refractivity contribution is 0.766. The van der Waals surface area contributed by atoms with Gasteiger partial charge in [0.05, 0.1) is 17.1 Å². The van der Waals surface area contributed by atoms with Crippen LogP contribution in [0.5, 0.6) is 0 Å². The number of hydrogen-bond donors (Lipinski definition) is 1. The van der Waals surface area contributed by atoms with Gasteiger partial charge in [-0.05, 0) is 44.5 Å². The molecule has 0 unspecified atom stereocenters. The summed E-state index contributed by atoms with van der Waals surface area (Å²) in [5.74, 6) is 0. The average Bonchev–Trinajstić information content (AvgIpc) is 2.92. The number of aromatic nitrogens is 3. The first-order valence-electron chi connectivity index (χ1n) is 7.23. The number of hydrogen-bond acceptors (Lipinski definition) is 4. The number of nitrogens with two attached hydrogens (primary N) is 1. The maximum Gasteiger partial charge on any atom is 0.0999 e. The summed E-state index contributed by atoms with van der Waals surface area (Å²) in [7, 11) is 0. The molecule has 108 valence electrons. The maximum atomic E-state index is 5.70. The lowest BCUT2D eigenvalue weighted by Crippen LogP contribution is -2.21. The number of benzene rings is 1. The van der Waals surface area contributed by atoms with E-state index in [1.807, 2.05) is 4.68 Å². The summed E-state index contributed by atoms with van der Waals surface area (Å²) in [6.07, 6.45) is 0.872. The molecule has 0 saturated carbocycles. The average molecular weight is 273 g/mol. The molecule has 2 aromatic rings. The van der Waals surface area contributed by atoms with Crippen molar-refractivity contribution >= 4 is 5.69 Å². The van der Waals surface area contributed by atoms with Crippen LogP contribution in [0.1, 0.15) is 32.2 Å². The third-order valence-corrected chi connectivity index (χ3v) is 3.59. The molecule has 0 spiro atoms. The van der Waals surface area contributed by atoms with Gasteiger partial charge < -0.3 is 10.6 Å². The van der Waals surface area contributed by atoms with E-state index in [0.29, 0.717) is 6.54 Å². The summed E-state index contributed by atoms with van der Waals surface area (Å²) in [5.41, 5.74) is 9.92. The fraction of sp³-hybridized carbons (Fsp3) is 0.467. The Morgan fingerprint density at radius 3 is 2.25 bits per heavy atom. The lowest BCUT2D eigenvalue weighted by atomic mass is 10.2. The SMILES string of the molecule is CCc1c(CN)nnn1-c1ccc(N(CC)CC)cc1. The molecule has 0 aliphatic heterocycles. The van der Waals surface area contributed by atoms with Crippen molar-refractivity contribution in [2.45, 2.75) is 33.7 Å². The van der Waals surface area contributed by atoms with E-state index in [9.17, 15) is 0 Å². The Kier molecular flexibility index (Phi) is 4.74. The van der Waals surface area contributed by atoms with Crippen LogP contribution < -0.4 is 10.6 Å². The van der Waals surface area contributed by atoms with E-state index in [2.05, 4.69) is 60.2 Å². The van der Waals surface area contributed by atoms with Crippen molar-refractivity contribution in [1.29, 1.82) is 0 Å². The van der Waals surface area contributed by atoms with E-state index >= 15 is 0 Å². The van der Waals surface area contributed by atoms with Crippen LogP contribution in [0.15, 0.2) is 24.3 Å². The molecule has 2 rings (SSSR count). The highest BCUT2D eigenvalue weighted by molar-refractivity contribution is 5.51. The Labute approximate surface area is 120 Å². The molecule has 0 fully saturated rings. The van der Waals surface area contributed by atoms with Gasteiger partial charge in [0, 0.05) is 25.3 Å². The van der Waals surface area contributed by atoms with Crippen LogP contribution in [-0.4, -0.2) is 28.1 Å². The van der Waals surface area contributed by atoms with Gasteiger partial charge in [0.1, 0.15) is 0 Å². The van der Waals surface area contributed by atoms with Gasteiger partial charge in [-0.3, -0.25) is 0 Å². The highest BCUT2D eigenvalue weighted by Crippen LogP contribution is 2.19. The molecule has 20 heavy (non-hydrogen) atoms. The predicted octanol–water partition coefficient (Wildman–Crippen LogP) is 2.13. The molecule has 1 heterocycles. The molecular formula is C15H23N5. The molecule has 0 aliphatic rings. The molecule has 5 nitrogen and oxygen atoms in total. The zero-order valence-electron chi connectivity index (χ0n) is 12.5. The highest BCUT2D eigenvalue weighted by atomic mass is 15.4. The van der Waals surface area contributed by atoms with Crippen molar-refractivity contribution in [2.75, 3.05) is 18.0 Å². The fourth-order valence-electron chi connectivity index (χ4n) is 2.45. The molecule has 0 amide bonds. The van der Waals surface area contributed by atoms with E-state index in [0.717, 1.165) is 36.6 Å². The molecule has 1 aromatic heterocycles. The van der Waals surface area contributed by atoms with E-state index < -0.39 is 0 Å². The largest absolute Gasteiger partial charge is 0.372 e. The molecule has 2 N–H and O–H groups in total. The molecule has 0 aliphatic carbocycles. The second kappa shape index (κ2) is 6.52. The zero-order valence-corrected chi connectivity index (χ0v) is 12.5. The van der Waals surface area contributed by atoms with E-state index in [1.165, 1.54) is 5.69 Å². The third-order valence-electron chi connectivity index (χ3n) is 3.59. The summed E-state index contributed by atoms with van der Waals surface area (Å²) >= 11 is 0. The first kappa shape index (κ1) is 14.5. The van der Waals surface area contributed by atoms with Crippen molar-refractivity contribution in [1.82, 2.24) is 15.0 Å². The van der Waals surface area contributed by atoms with Gasteiger partial charge in [0.2, 0.25) is 0 Å². The molecule has 0 radical (unpaired) electrons. The van der Waals surface area contributed by atoms with Crippen molar-refractivity contribution in [3.63, 3.8) is 0 Å². The van der Waals surface area contributed by atoms with Crippen LogP contribution >= 0.6 is 0 Å². The minimum atomic E-state index is 0.431.